The van der Waals surface area contributed by atoms with E-state index in [0.29, 0.717) is 41.9 Å². The van der Waals surface area contributed by atoms with Crippen molar-refractivity contribution in [1.82, 2.24) is 19.9 Å². The van der Waals surface area contributed by atoms with Gasteiger partial charge in [-0.25, -0.2) is 4.39 Å². The summed E-state index contributed by atoms with van der Waals surface area (Å²) in [5.41, 5.74) is 1.69. The zero-order valence-electron chi connectivity index (χ0n) is 19.7. The molecule has 1 aromatic heterocycles. The number of hydrogen-bond acceptors (Lipinski definition) is 7. The van der Waals surface area contributed by atoms with Crippen molar-refractivity contribution in [2.24, 2.45) is 5.92 Å². The zero-order valence-corrected chi connectivity index (χ0v) is 19.7. The van der Waals surface area contributed by atoms with Crippen molar-refractivity contribution in [3.8, 4) is 22.9 Å². The maximum absolute atomic E-state index is 13.1. The monoisotopic (exact) mass is 468 g/mol. The van der Waals surface area contributed by atoms with Crippen LogP contribution in [0.3, 0.4) is 0 Å². The third-order valence-corrected chi connectivity index (χ3v) is 6.11. The summed E-state index contributed by atoms with van der Waals surface area (Å²) in [5, 5.41) is 4.00. The van der Waals surface area contributed by atoms with Crippen LogP contribution in [0, 0.1) is 11.7 Å². The molecular formula is C25H29FN4O4. The Labute approximate surface area is 198 Å². The molecule has 0 saturated carbocycles. The molecule has 0 N–H and O–H groups in total. The minimum absolute atomic E-state index is 0.0149. The smallest absolute Gasteiger partial charge is 0.241 e. The number of benzene rings is 2. The van der Waals surface area contributed by atoms with Crippen molar-refractivity contribution in [2.75, 3.05) is 34.4 Å². The Bertz CT molecular complexity index is 1110. The van der Waals surface area contributed by atoms with Gasteiger partial charge >= 0.3 is 0 Å². The second-order valence-corrected chi connectivity index (χ2v) is 8.45. The van der Waals surface area contributed by atoms with Gasteiger partial charge in [-0.3, -0.25) is 9.69 Å². The molecule has 2 aromatic carbocycles. The maximum atomic E-state index is 13.1. The van der Waals surface area contributed by atoms with E-state index in [1.165, 1.54) is 12.1 Å². The fourth-order valence-electron chi connectivity index (χ4n) is 4.21. The average Bonchev–Trinajstić information content (AvgIpc) is 3.32. The lowest BCUT2D eigenvalue weighted by Gasteiger charge is -2.32. The number of methoxy groups -OCH3 is 2. The Hall–Kier alpha value is -3.46. The molecule has 0 aliphatic carbocycles. The first-order valence-electron chi connectivity index (χ1n) is 11.2. The van der Waals surface area contributed by atoms with Gasteiger partial charge in [-0.15, -0.1) is 0 Å². The lowest BCUT2D eigenvalue weighted by Crippen LogP contribution is -2.40. The van der Waals surface area contributed by atoms with Crippen molar-refractivity contribution in [3.05, 3.63) is 59.7 Å². The van der Waals surface area contributed by atoms with Crippen molar-refractivity contribution >= 4 is 5.91 Å². The first-order chi connectivity index (χ1) is 16.5. The van der Waals surface area contributed by atoms with Gasteiger partial charge in [0.25, 0.3) is 0 Å². The molecule has 2 heterocycles. The first kappa shape index (κ1) is 23.7. The molecule has 0 radical (unpaired) electrons. The van der Waals surface area contributed by atoms with Gasteiger partial charge < -0.3 is 18.9 Å². The summed E-state index contributed by atoms with van der Waals surface area (Å²) < 4.78 is 29.1. The molecule has 4 rings (SSSR count). The molecule has 0 spiro atoms. The number of rotatable bonds is 8. The van der Waals surface area contributed by atoms with E-state index in [9.17, 15) is 9.18 Å². The van der Waals surface area contributed by atoms with Crippen LogP contribution >= 0.6 is 0 Å². The summed E-state index contributed by atoms with van der Waals surface area (Å²) in [7, 11) is 5.03. The van der Waals surface area contributed by atoms with Gasteiger partial charge in [-0.05, 0) is 67.9 Å². The van der Waals surface area contributed by atoms with Gasteiger partial charge in [-0.2, -0.15) is 4.98 Å². The van der Waals surface area contributed by atoms with Gasteiger partial charge in [0.2, 0.25) is 17.6 Å². The molecule has 3 aromatic rings. The third-order valence-electron chi connectivity index (χ3n) is 6.11. The SMILES string of the molecule is COc1ccc(CN(C)C(=O)C2CCN(Cc3nc(-c4ccc(F)cc4)no3)CC2)cc1OC. The van der Waals surface area contributed by atoms with Gasteiger partial charge in [0, 0.05) is 25.1 Å². The Morgan fingerprint density at radius 3 is 2.50 bits per heavy atom. The van der Waals surface area contributed by atoms with E-state index in [1.54, 1.807) is 31.3 Å². The van der Waals surface area contributed by atoms with E-state index in [0.717, 1.165) is 31.5 Å². The Kier molecular flexibility index (Phi) is 7.42. The van der Waals surface area contributed by atoms with Crippen molar-refractivity contribution in [3.63, 3.8) is 0 Å². The summed E-state index contributed by atoms with van der Waals surface area (Å²) in [6.45, 7) is 2.58. The fraction of sp³-hybridized carbons (Fsp3) is 0.400. The standard InChI is InChI=1S/C25H29FN4O4/c1-29(15-17-4-9-21(32-2)22(14-17)33-3)25(31)19-10-12-30(13-11-19)16-23-27-24(28-34-23)18-5-7-20(26)8-6-18/h4-9,14,19H,10-13,15-16H2,1-3H3. The number of hydrogen-bond donors (Lipinski definition) is 0. The predicted octanol–water partition coefficient (Wildman–Crippen LogP) is 3.76. The van der Waals surface area contributed by atoms with Gasteiger partial charge in [-0.1, -0.05) is 11.2 Å². The summed E-state index contributed by atoms with van der Waals surface area (Å²) >= 11 is 0. The van der Waals surface area contributed by atoms with E-state index in [4.69, 9.17) is 14.0 Å². The molecule has 34 heavy (non-hydrogen) atoms. The molecule has 180 valence electrons. The summed E-state index contributed by atoms with van der Waals surface area (Å²) in [6, 6.07) is 11.7. The van der Waals surface area contributed by atoms with E-state index in [1.807, 2.05) is 25.2 Å². The molecule has 1 fully saturated rings. The van der Waals surface area contributed by atoms with E-state index >= 15 is 0 Å². The summed E-state index contributed by atoms with van der Waals surface area (Å²) in [4.78, 5) is 21.4. The van der Waals surface area contributed by atoms with Gasteiger partial charge in [0.05, 0.1) is 20.8 Å². The van der Waals surface area contributed by atoms with Crippen molar-refractivity contribution < 1.29 is 23.2 Å². The van der Waals surface area contributed by atoms with Crippen LogP contribution in [0.25, 0.3) is 11.4 Å². The number of piperidine rings is 1. The maximum Gasteiger partial charge on any atom is 0.241 e. The van der Waals surface area contributed by atoms with Gasteiger partial charge in [0.1, 0.15) is 5.82 Å². The highest BCUT2D eigenvalue weighted by molar-refractivity contribution is 5.78. The number of likely N-dealkylation sites (tertiary alicyclic amines) is 1. The predicted molar refractivity (Wildman–Crippen MR) is 124 cm³/mol. The minimum atomic E-state index is -0.306. The summed E-state index contributed by atoms with van der Waals surface area (Å²) in [6.07, 6.45) is 1.54. The van der Waals surface area contributed by atoms with E-state index in [-0.39, 0.29) is 17.6 Å². The van der Waals surface area contributed by atoms with Crippen LogP contribution < -0.4 is 9.47 Å². The molecule has 1 amide bonds. The number of nitrogens with zero attached hydrogens (tertiary/aromatic N) is 4. The number of ether oxygens (including phenoxy) is 2. The topological polar surface area (TPSA) is 80.9 Å². The van der Waals surface area contributed by atoms with Gasteiger partial charge in [0.15, 0.2) is 11.5 Å². The van der Waals surface area contributed by atoms with Crippen LogP contribution in [0.5, 0.6) is 11.5 Å². The van der Waals surface area contributed by atoms with Crippen LogP contribution in [0.4, 0.5) is 4.39 Å². The minimum Gasteiger partial charge on any atom is -0.493 e. The first-order valence-corrected chi connectivity index (χ1v) is 11.2. The molecule has 1 saturated heterocycles. The fourth-order valence-corrected chi connectivity index (χ4v) is 4.21. The highest BCUT2D eigenvalue weighted by Crippen LogP contribution is 2.28. The second-order valence-electron chi connectivity index (χ2n) is 8.45. The molecule has 8 nitrogen and oxygen atoms in total. The molecular weight excluding hydrogens is 439 g/mol. The van der Waals surface area contributed by atoms with Crippen molar-refractivity contribution in [1.29, 1.82) is 0 Å². The quantitative estimate of drug-likeness (QED) is 0.498. The molecule has 9 heteroatoms. The molecule has 0 atom stereocenters. The zero-order chi connectivity index (χ0) is 24.1. The number of halogens is 1. The molecule has 1 aliphatic rings. The summed E-state index contributed by atoms with van der Waals surface area (Å²) in [5.74, 6) is 2.09. The lowest BCUT2D eigenvalue weighted by atomic mass is 9.95. The van der Waals surface area contributed by atoms with Crippen LogP contribution in [0.1, 0.15) is 24.3 Å². The van der Waals surface area contributed by atoms with E-state index < -0.39 is 0 Å². The normalized spacial score (nSPS) is 14.7. The Morgan fingerprint density at radius 2 is 1.82 bits per heavy atom. The number of carbonyl (C=O) groups excluding carboxylic acids is 1. The molecule has 0 bridgehead atoms. The van der Waals surface area contributed by atoms with E-state index in [2.05, 4.69) is 15.0 Å². The highest BCUT2D eigenvalue weighted by atomic mass is 19.1. The third kappa shape index (κ3) is 5.53. The largest absolute Gasteiger partial charge is 0.493 e. The number of aromatic nitrogens is 2. The molecule has 1 aliphatic heterocycles. The highest BCUT2D eigenvalue weighted by Gasteiger charge is 2.28. The number of carbonyl (C=O) groups is 1. The van der Waals surface area contributed by atoms with Crippen LogP contribution in [-0.2, 0) is 17.9 Å². The second kappa shape index (κ2) is 10.6. The Balaban J connectivity index is 1.28. The van der Waals surface area contributed by atoms with Crippen LogP contribution in [0.15, 0.2) is 47.0 Å². The van der Waals surface area contributed by atoms with Crippen molar-refractivity contribution in [2.45, 2.75) is 25.9 Å². The molecule has 0 unspecified atom stereocenters. The number of amides is 1. The Morgan fingerprint density at radius 1 is 1.12 bits per heavy atom. The lowest BCUT2D eigenvalue weighted by molar-refractivity contribution is -0.136. The van der Waals surface area contributed by atoms with Crippen LogP contribution in [-0.4, -0.2) is 60.2 Å². The average molecular weight is 469 g/mol. The van der Waals surface area contributed by atoms with Crippen LogP contribution in [0.2, 0.25) is 0 Å².